The normalized spacial score (nSPS) is 15.7. The van der Waals surface area contributed by atoms with E-state index in [4.69, 9.17) is 4.74 Å². The van der Waals surface area contributed by atoms with Gasteiger partial charge in [-0.25, -0.2) is 0 Å². The fourth-order valence-electron chi connectivity index (χ4n) is 2.76. The highest BCUT2D eigenvalue weighted by Crippen LogP contribution is 2.31. The van der Waals surface area contributed by atoms with Gasteiger partial charge in [0.25, 0.3) is 0 Å². The summed E-state index contributed by atoms with van der Waals surface area (Å²) < 4.78 is 5.50. The molecule has 5 nitrogen and oxygen atoms in total. The Bertz CT molecular complexity index is 471. The van der Waals surface area contributed by atoms with Crippen LogP contribution in [-0.2, 0) is 0 Å². The van der Waals surface area contributed by atoms with Gasteiger partial charge in [0.1, 0.15) is 0 Å². The summed E-state index contributed by atoms with van der Waals surface area (Å²) in [6.45, 7) is 3.41. The number of rotatable bonds is 7. The van der Waals surface area contributed by atoms with Gasteiger partial charge in [-0.3, -0.25) is 10.1 Å². The molecule has 1 aliphatic rings. The van der Waals surface area contributed by atoms with Crippen molar-refractivity contribution in [2.45, 2.75) is 45.4 Å². The first-order valence-electron chi connectivity index (χ1n) is 7.85. The van der Waals surface area contributed by atoms with Crippen LogP contribution in [0.25, 0.3) is 0 Å². The first-order chi connectivity index (χ1) is 10.2. The fraction of sp³-hybridized carbons (Fsp3) is 0.625. The molecule has 0 bridgehead atoms. The van der Waals surface area contributed by atoms with Crippen molar-refractivity contribution in [3.8, 4) is 5.75 Å². The highest BCUT2D eigenvalue weighted by atomic mass is 16.6. The third-order valence-electron chi connectivity index (χ3n) is 3.94. The number of nitrogens with zero attached hydrogens (tertiary/aromatic N) is 1. The monoisotopic (exact) mass is 292 g/mol. The first kappa shape index (κ1) is 15.6. The second-order valence-electron chi connectivity index (χ2n) is 5.67. The largest absolute Gasteiger partial charge is 0.487 e. The van der Waals surface area contributed by atoms with Gasteiger partial charge < -0.3 is 10.1 Å². The average Bonchev–Trinajstić information content (AvgIpc) is 2.51. The smallest absolute Gasteiger partial charge is 0.311 e. The number of ether oxygens (including phenoxy) is 1. The topological polar surface area (TPSA) is 64.4 Å². The fourth-order valence-corrected chi connectivity index (χ4v) is 2.76. The van der Waals surface area contributed by atoms with Crippen molar-refractivity contribution in [3.63, 3.8) is 0 Å². The molecular weight excluding hydrogens is 268 g/mol. The Labute approximate surface area is 125 Å². The summed E-state index contributed by atoms with van der Waals surface area (Å²) in [6.07, 6.45) is 7.37. The van der Waals surface area contributed by atoms with Gasteiger partial charge in [0, 0.05) is 24.4 Å². The molecule has 1 aliphatic carbocycles. The Morgan fingerprint density at radius 2 is 2.10 bits per heavy atom. The van der Waals surface area contributed by atoms with Crippen LogP contribution in [0, 0.1) is 16.0 Å². The van der Waals surface area contributed by atoms with Crippen molar-refractivity contribution in [3.05, 3.63) is 28.3 Å². The SMILES string of the molecule is CCCOc1cc(NCC2CCCCC2)ccc1[N+](=O)[O-]. The molecule has 1 saturated carbocycles. The zero-order chi connectivity index (χ0) is 15.1. The van der Waals surface area contributed by atoms with Gasteiger partial charge in [-0.1, -0.05) is 26.2 Å². The van der Waals surface area contributed by atoms with Crippen LogP contribution in [0.1, 0.15) is 45.4 Å². The highest BCUT2D eigenvalue weighted by Gasteiger charge is 2.17. The lowest BCUT2D eigenvalue weighted by Crippen LogP contribution is -2.17. The van der Waals surface area contributed by atoms with E-state index < -0.39 is 4.92 Å². The molecule has 2 rings (SSSR count). The number of nitro benzene ring substituents is 1. The third-order valence-corrected chi connectivity index (χ3v) is 3.94. The maximum Gasteiger partial charge on any atom is 0.311 e. The molecule has 0 atom stereocenters. The molecule has 1 aromatic carbocycles. The van der Waals surface area contributed by atoms with Crippen LogP contribution in [-0.4, -0.2) is 18.1 Å². The van der Waals surface area contributed by atoms with Gasteiger partial charge in [-0.05, 0) is 31.2 Å². The first-order valence-corrected chi connectivity index (χ1v) is 7.85. The van der Waals surface area contributed by atoms with Crippen molar-refractivity contribution < 1.29 is 9.66 Å². The van der Waals surface area contributed by atoms with E-state index in [0.717, 1.165) is 18.7 Å². The Morgan fingerprint density at radius 3 is 2.76 bits per heavy atom. The Balaban J connectivity index is 2.00. The molecule has 0 aromatic heterocycles. The Hall–Kier alpha value is -1.78. The molecule has 0 radical (unpaired) electrons. The number of benzene rings is 1. The minimum atomic E-state index is -0.393. The van der Waals surface area contributed by atoms with Crippen LogP contribution < -0.4 is 10.1 Å². The van der Waals surface area contributed by atoms with Gasteiger partial charge >= 0.3 is 5.69 Å². The maximum atomic E-state index is 11.0. The van der Waals surface area contributed by atoms with E-state index in [1.807, 2.05) is 6.92 Å². The molecule has 1 N–H and O–H groups in total. The van der Waals surface area contributed by atoms with Crippen LogP contribution in [0.2, 0.25) is 0 Å². The van der Waals surface area contributed by atoms with E-state index in [1.54, 1.807) is 12.1 Å². The van der Waals surface area contributed by atoms with E-state index in [-0.39, 0.29) is 5.69 Å². The van der Waals surface area contributed by atoms with Crippen LogP contribution in [0.15, 0.2) is 18.2 Å². The van der Waals surface area contributed by atoms with E-state index >= 15 is 0 Å². The molecule has 0 amide bonds. The van der Waals surface area contributed by atoms with E-state index in [0.29, 0.717) is 18.3 Å². The number of anilines is 1. The molecule has 0 saturated heterocycles. The van der Waals surface area contributed by atoms with Crippen molar-refractivity contribution >= 4 is 11.4 Å². The maximum absolute atomic E-state index is 11.0. The minimum Gasteiger partial charge on any atom is -0.487 e. The molecule has 1 fully saturated rings. The second kappa shape index (κ2) is 7.86. The third kappa shape index (κ3) is 4.62. The lowest BCUT2D eigenvalue weighted by atomic mass is 9.89. The predicted molar refractivity (Wildman–Crippen MR) is 83.9 cm³/mol. The zero-order valence-corrected chi connectivity index (χ0v) is 12.6. The lowest BCUT2D eigenvalue weighted by Gasteiger charge is -2.22. The van der Waals surface area contributed by atoms with Gasteiger partial charge in [0.05, 0.1) is 11.5 Å². The summed E-state index contributed by atoms with van der Waals surface area (Å²) in [5.74, 6) is 1.07. The van der Waals surface area contributed by atoms with Crippen molar-refractivity contribution in [1.82, 2.24) is 0 Å². The standard InChI is InChI=1S/C16H24N2O3/c1-2-10-21-16-11-14(8-9-15(16)18(19)20)17-12-13-6-4-3-5-7-13/h8-9,11,13,17H,2-7,10,12H2,1H3. The van der Waals surface area contributed by atoms with E-state index in [1.165, 1.54) is 38.2 Å². The molecule has 1 aromatic rings. The molecule has 116 valence electrons. The number of nitro groups is 1. The Kier molecular flexibility index (Phi) is 5.84. The highest BCUT2D eigenvalue weighted by molar-refractivity contribution is 5.58. The molecule has 21 heavy (non-hydrogen) atoms. The van der Waals surface area contributed by atoms with Gasteiger partial charge in [0.15, 0.2) is 5.75 Å². The summed E-state index contributed by atoms with van der Waals surface area (Å²) in [7, 11) is 0. The predicted octanol–water partition coefficient (Wildman–Crippen LogP) is 4.38. The molecule has 5 heteroatoms. The number of nitrogens with one attached hydrogen (secondary N) is 1. The zero-order valence-electron chi connectivity index (χ0n) is 12.6. The van der Waals surface area contributed by atoms with Crippen LogP contribution in [0.3, 0.4) is 0 Å². The number of hydrogen-bond acceptors (Lipinski definition) is 4. The van der Waals surface area contributed by atoms with E-state index in [2.05, 4.69) is 5.32 Å². The van der Waals surface area contributed by atoms with E-state index in [9.17, 15) is 10.1 Å². The summed E-state index contributed by atoms with van der Waals surface area (Å²) in [5.41, 5.74) is 0.934. The number of hydrogen-bond donors (Lipinski definition) is 1. The minimum absolute atomic E-state index is 0.0340. The molecule has 0 unspecified atom stereocenters. The second-order valence-corrected chi connectivity index (χ2v) is 5.67. The average molecular weight is 292 g/mol. The lowest BCUT2D eigenvalue weighted by molar-refractivity contribution is -0.385. The van der Waals surface area contributed by atoms with Crippen LogP contribution >= 0.6 is 0 Å². The summed E-state index contributed by atoms with van der Waals surface area (Å²) in [5, 5.41) is 14.4. The quantitative estimate of drug-likeness (QED) is 0.598. The Morgan fingerprint density at radius 1 is 1.33 bits per heavy atom. The van der Waals surface area contributed by atoms with Gasteiger partial charge in [0.2, 0.25) is 0 Å². The molecule has 0 spiro atoms. The molecule has 0 aliphatic heterocycles. The van der Waals surface area contributed by atoms with Gasteiger partial charge in [-0.15, -0.1) is 0 Å². The van der Waals surface area contributed by atoms with Gasteiger partial charge in [-0.2, -0.15) is 0 Å². The molecule has 0 heterocycles. The van der Waals surface area contributed by atoms with Crippen LogP contribution in [0.5, 0.6) is 5.75 Å². The van der Waals surface area contributed by atoms with Crippen molar-refractivity contribution in [2.24, 2.45) is 5.92 Å². The molecular formula is C16H24N2O3. The van der Waals surface area contributed by atoms with Crippen molar-refractivity contribution in [1.29, 1.82) is 0 Å². The summed E-state index contributed by atoms with van der Waals surface area (Å²) in [4.78, 5) is 10.6. The van der Waals surface area contributed by atoms with Crippen LogP contribution in [0.4, 0.5) is 11.4 Å². The van der Waals surface area contributed by atoms with Crippen molar-refractivity contribution in [2.75, 3.05) is 18.5 Å². The summed E-state index contributed by atoms with van der Waals surface area (Å²) >= 11 is 0. The summed E-state index contributed by atoms with van der Waals surface area (Å²) in [6, 6.07) is 5.03.